The molecule has 0 aliphatic heterocycles. The Balaban J connectivity index is 1.89. The minimum atomic E-state index is -0.279. The summed E-state index contributed by atoms with van der Waals surface area (Å²) in [6.07, 6.45) is 12.8. The van der Waals surface area contributed by atoms with Crippen LogP contribution in [0.5, 0.6) is 0 Å². The van der Waals surface area contributed by atoms with Gasteiger partial charge in [-0.2, -0.15) is 0 Å². The quantitative estimate of drug-likeness (QED) is 0.415. The molecule has 0 saturated carbocycles. The summed E-state index contributed by atoms with van der Waals surface area (Å²) in [7, 11) is 0. The summed E-state index contributed by atoms with van der Waals surface area (Å²) in [4.78, 5) is 12.2. The number of ether oxygens (including phenoxy) is 1. The number of anilines is 1. The maximum atomic E-state index is 11.7. The zero-order chi connectivity index (χ0) is 15.3. The monoisotopic (exact) mass is 311 g/mol. The van der Waals surface area contributed by atoms with Gasteiger partial charge in [-0.1, -0.05) is 64.7 Å². The van der Waals surface area contributed by atoms with Gasteiger partial charge in [0.1, 0.15) is 4.88 Å². The van der Waals surface area contributed by atoms with Crippen molar-refractivity contribution in [2.24, 2.45) is 0 Å². The van der Waals surface area contributed by atoms with Gasteiger partial charge in [0.2, 0.25) is 0 Å². The first-order valence-corrected chi connectivity index (χ1v) is 9.13. The molecular formula is C17H29NO2S. The van der Waals surface area contributed by atoms with E-state index in [1.54, 1.807) is 6.07 Å². The lowest BCUT2D eigenvalue weighted by molar-refractivity contribution is 0.0504. The number of esters is 1. The minimum absolute atomic E-state index is 0.279. The van der Waals surface area contributed by atoms with E-state index in [-0.39, 0.29) is 5.97 Å². The van der Waals surface area contributed by atoms with E-state index >= 15 is 0 Å². The molecule has 0 amide bonds. The number of hydrogen-bond acceptors (Lipinski definition) is 4. The van der Waals surface area contributed by atoms with Gasteiger partial charge in [-0.05, 0) is 17.9 Å². The maximum absolute atomic E-state index is 11.7. The van der Waals surface area contributed by atoms with Crippen LogP contribution in [0.3, 0.4) is 0 Å². The Morgan fingerprint density at radius 2 is 1.62 bits per heavy atom. The van der Waals surface area contributed by atoms with E-state index in [0.29, 0.717) is 17.2 Å². The van der Waals surface area contributed by atoms with E-state index < -0.39 is 0 Å². The number of thiophene rings is 1. The van der Waals surface area contributed by atoms with E-state index in [1.165, 1.54) is 62.7 Å². The SMILES string of the molecule is CCCCCCCCCCCCOC(=O)c1sccc1N. The van der Waals surface area contributed by atoms with Crippen molar-refractivity contribution in [2.45, 2.75) is 71.1 Å². The summed E-state index contributed by atoms with van der Waals surface area (Å²) in [5.74, 6) is -0.279. The summed E-state index contributed by atoms with van der Waals surface area (Å²) in [5.41, 5.74) is 6.20. The van der Waals surface area contributed by atoms with Crippen LogP contribution in [0, 0.1) is 0 Å². The molecule has 1 aromatic rings. The third-order valence-electron chi connectivity index (χ3n) is 3.61. The fraction of sp³-hybridized carbons (Fsp3) is 0.706. The molecule has 0 saturated heterocycles. The normalized spacial score (nSPS) is 10.7. The lowest BCUT2D eigenvalue weighted by atomic mass is 10.1. The summed E-state index contributed by atoms with van der Waals surface area (Å²) in [6, 6.07) is 1.74. The number of nitrogen functional groups attached to an aromatic ring is 1. The third-order valence-corrected chi connectivity index (χ3v) is 4.52. The Bertz CT molecular complexity index is 390. The molecule has 0 radical (unpaired) electrons. The fourth-order valence-electron chi connectivity index (χ4n) is 2.30. The molecule has 1 rings (SSSR count). The number of carbonyl (C=O) groups is 1. The Labute approximate surface area is 132 Å². The molecule has 0 aromatic carbocycles. The van der Waals surface area contributed by atoms with Crippen LogP contribution < -0.4 is 5.73 Å². The van der Waals surface area contributed by atoms with Crippen molar-refractivity contribution in [3.63, 3.8) is 0 Å². The van der Waals surface area contributed by atoms with Gasteiger partial charge in [-0.25, -0.2) is 4.79 Å². The zero-order valence-corrected chi connectivity index (χ0v) is 14.1. The predicted octanol–water partition coefficient (Wildman–Crippen LogP) is 5.41. The standard InChI is InChI=1S/C17H29NO2S/c1-2-3-4-5-6-7-8-9-10-11-13-20-17(19)16-15(18)12-14-21-16/h12,14H,2-11,13,18H2,1H3. The fourth-order valence-corrected chi connectivity index (χ4v) is 3.01. The Morgan fingerprint density at radius 1 is 1.05 bits per heavy atom. The molecule has 0 aliphatic rings. The van der Waals surface area contributed by atoms with Crippen LogP contribution in [0.1, 0.15) is 80.8 Å². The molecule has 0 spiro atoms. The number of nitrogens with two attached hydrogens (primary N) is 1. The first-order valence-electron chi connectivity index (χ1n) is 8.25. The van der Waals surface area contributed by atoms with Crippen LogP contribution in [0.25, 0.3) is 0 Å². The largest absolute Gasteiger partial charge is 0.461 e. The van der Waals surface area contributed by atoms with Gasteiger partial charge in [0.15, 0.2) is 0 Å². The van der Waals surface area contributed by atoms with Crippen LogP contribution in [-0.4, -0.2) is 12.6 Å². The maximum Gasteiger partial charge on any atom is 0.350 e. The zero-order valence-electron chi connectivity index (χ0n) is 13.2. The molecule has 0 atom stereocenters. The predicted molar refractivity (Wildman–Crippen MR) is 90.9 cm³/mol. The van der Waals surface area contributed by atoms with Crippen molar-refractivity contribution in [1.82, 2.24) is 0 Å². The van der Waals surface area contributed by atoms with Gasteiger partial charge >= 0.3 is 5.97 Å². The highest BCUT2D eigenvalue weighted by atomic mass is 32.1. The molecule has 1 aromatic heterocycles. The van der Waals surface area contributed by atoms with Gasteiger partial charge in [0.05, 0.1) is 12.3 Å². The first kappa shape index (κ1) is 18.0. The average Bonchev–Trinajstić information content (AvgIpc) is 2.91. The van der Waals surface area contributed by atoms with Crippen molar-refractivity contribution in [2.75, 3.05) is 12.3 Å². The minimum Gasteiger partial charge on any atom is -0.461 e. The highest BCUT2D eigenvalue weighted by Gasteiger charge is 2.11. The van der Waals surface area contributed by atoms with Gasteiger partial charge in [0.25, 0.3) is 0 Å². The molecule has 0 fully saturated rings. The van der Waals surface area contributed by atoms with Gasteiger partial charge in [-0.3, -0.25) is 0 Å². The Morgan fingerprint density at radius 3 is 2.14 bits per heavy atom. The number of unbranched alkanes of at least 4 members (excludes halogenated alkanes) is 9. The third kappa shape index (κ3) is 8.10. The van der Waals surface area contributed by atoms with E-state index in [1.807, 2.05) is 5.38 Å². The highest BCUT2D eigenvalue weighted by Crippen LogP contribution is 2.19. The molecule has 0 aliphatic carbocycles. The average molecular weight is 311 g/mol. The lowest BCUT2D eigenvalue weighted by Gasteiger charge is -2.04. The van der Waals surface area contributed by atoms with Crippen molar-refractivity contribution in [3.8, 4) is 0 Å². The summed E-state index contributed by atoms with van der Waals surface area (Å²) < 4.78 is 5.23. The van der Waals surface area contributed by atoms with Crippen molar-refractivity contribution >= 4 is 23.0 Å². The molecule has 21 heavy (non-hydrogen) atoms. The molecule has 4 heteroatoms. The van der Waals surface area contributed by atoms with Crippen molar-refractivity contribution < 1.29 is 9.53 Å². The summed E-state index contributed by atoms with van der Waals surface area (Å²) in [6.45, 7) is 2.76. The van der Waals surface area contributed by atoms with E-state index in [9.17, 15) is 4.79 Å². The molecular weight excluding hydrogens is 282 g/mol. The summed E-state index contributed by atoms with van der Waals surface area (Å²) >= 11 is 1.34. The van der Waals surface area contributed by atoms with E-state index in [2.05, 4.69) is 6.92 Å². The van der Waals surface area contributed by atoms with Crippen LogP contribution in [0.15, 0.2) is 11.4 Å². The van der Waals surface area contributed by atoms with Crippen LogP contribution in [0.4, 0.5) is 5.69 Å². The van der Waals surface area contributed by atoms with Crippen LogP contribution in [0.2, 0.25) is 0 Å². The smallest absolute Gasteiger partial charge is 0.350 e. The number of hydrogen-bond donors (Lipinski definition) is 1. The molecule has 120 valence electrons. The van der Waals surface area contributed by atoms with E-state index in [4.69, 9.17) is 10.5 Å². The molecule has 1 heterocycles. The molecule has 2 N–H and O–H groups in total. The highest BCUT2D eigenvalue weighted by molar-refractivity contribution is 7.12. The van der Waals surface area contributed by atoms with Crippen LogP contribution in [-0.2, 0) is 4.74 Å². The van der Waals surface area contributed by atoms with Gasteiger partial charge < -0.3 is 10.5 Å². The Hall–Kier alpha value is -1.03. The summed E-state index contributed by atoms with van der Waals surface area (Å²) in [5, 5.41) is 1.81. The molecule has 3 nitrogen and oxygen atoms in total. The van der Waals surface area contributed by atoms with Crippen LogP contribution >= 0.6 is 11.3 Å². The second-order valence-electron chi connectivity index (χ2n) is 5.52. The van der Waals surface area contributed by atoms with E-state index in [0.717, 1.165) is 12.8 Å². The topological polar surface area (TPSA) is 52.3 Å². The molecule has 0 unspecified atom stereocenters. The van der Waals surface area contributed by atoms with Gasteiger partial charge in [0, 0.05) is 0 Å². The van der Waals surface area contributed by atoms with Crippen molar-refractivity contribution in [1.29, 1.82) is 0 Å². The second-order valence-corrected chi connectivity index (χ2v) is 6.44. The van der Waals surface area contributed by atoms with Gasteiger partial charge in [-0.15, -0.1) is 11.3 Å². The number of rotatable bonds is 12. The lowest BCUT2D eigenvalue weighted by Crippen LogP contribution is -2.06. The molecule has 0 bridgehead atoms. The second kappa shape index (κ2) is 11.6. The first-order chi connectivity index (χ1) is 10.3. The van der Waals surface area contributed by atoms with Crippen molar-refractivity contribution in [3.05, 3.63) is 16.3 Å². The number of carbonyl (C=O) groups excluding carboxylic acids is 1. The Kier molecular flexibility index (Phi) is 9.96.